The lowest BCUT2D eigenvalue weighted by Gasteiger charge is -2.10. The zero-order valence-electron chi connectivity index (χ0n) is 17.1. The fourth-order valence-corrected chi connectivity index (χ4v) is 2.97. The number of nitrogens with zero attached hydrogens (tertiary/aromatic N) is 3. The van der Waals surface area contributed by atoms with Crippen molar-refractivity contribution in [2.45, 2.75) is 6.61 Å². The van der Waals surface area contributed by atoms with Crippen molar-refractivity contribution < 1.29 is 23.0 Å². The maximum atomic E-state index is 13.5. The van der Waals surface area contributed by atoms with Crippen molar-refractivity contribution >= 4 is 10.9 Å². The van der Waals surface area contributed by atoms with Gasteiger partial charge in [-0.15, -0.1) is 0 Å². The Labute approximate surface area is 181 Å². The summed E-state index contributed by atoms with van der Waals surface area (Å²) in [6, 6.07) is 11.8. The van der Waals surface area contributed by atoms with Crippen molar-refractivity contribution in [3.05, 3.63) is 88.5 Å². The number of aromatic nitrogens is 3. The molecule has 7 nitrogen and oxygen atoms in total. The number of ether oxygens (including phenoxy) is 3. The van der Waals surface area contributed by atoms with Crippen molar-refractivity contribution in [1.82, 2.24) is 14.8 Å². The highest BCUT2D eigenvalue weighted by molar-refractivity contribution is 5.81. The first-order valence-electron chi connectivity index (χ1n) is 9.72. The molecule has 0 fully saturated rings. The standard InChI is InChI=1S/C23H19F2N3O4/c1-30-8-9-31-18-11-15-10-17(3-5-21(15)26-13-18)32-14-22-23(29)6-7-28(27-22)16-2-4-19(24)20(25)12-16/h2-7,10-13H,8-9,14H2,1H3. The molecule has 0 saturated heterocycles. The average Bonchev–Trinajstić information content (AvgIpc) is 2.80. The van der Waals surface area contributed by atoms with Gasteiger partial charge in [-0.1, -0.05) is 0 Å². The van der Waals surface area contributed by atoms with E-state index in [4.69, 9.17) is 14.2 Å². The van der Waals surface area contributed by atoms with Crippen LogP contribution in [-0.4, -0.2) is 35.1 Å². The number of fused-ring (bicyclic) bond motifs is 1. The van der Waals surface area contributed by atoms with Gasteiger partial charge in [-0.3, -0.25) is 9.78 Å². The third-order valence-corrected chi connectivity index (χ3v) is 4.61. The summed E-state index contributed by atoms with van der Waals surface area (Å²) in [7, 11) is 1.60. The third kappa shape index (κ3) is 4.89. The molecule has 0 aliphatic rings. The van der Waals surface area contributed by atoms with Gasteiger partial charge in [0, 0.05) is 30.8 Å². The predicted octanol–water partition coefficient (Wildman–Crippen LogP) is 3.66. The van der Waals surface area contributed by atoms with Crippen molar-refractivity contribution in [3.8, 4) is 17.2 Å². The van der Waals surface area contributed by atoms with Crippen LogP contribution in [0.15, 0.2) is 65.7 Å². The van der Waals surface area contributed by atoms with E-state index in [9.17, 15) is 13.6 Å². The first kappa shape index (κ1) is 21.4. The van der Waals surface area contributed by atoms with Gasteiger partial charge in [-0.25, -0.2) is 13.5 Å². The second-order valence-corrected chi connectivity index (χ2v) is 6.83. The molecule has 0 amide bonds. The lowest BCUT2D eigenvalue weighted by atomic mass is 10.2. The summed E-state index contributed by atoms with van der Waals surface area (Å²) in [5, 5.41) is 5.00. The Hall–Kier alpha value is -3.85. The van der Waals surface area contributed by atoms with Gasteiger partial charge in [0.25, 0.3) is 0 Å². The van der Waals surface area contributed by atoms with E-state index in [-0.39, 0.29) is 23.4 Å². The Balaban J connectivity index is 1.52. The molecule has 4 rings (SSSR count). The van der Waals surface area contributed by atoms with Crippen LogP contribution in [0, 0.1) is 11.6 Å². The van der Waals surface area contributed by atoms with Crippen LogP contribution < -0.4 is 14.9 Å². The highest BCUT2D eigenvalue weighted by Gasteiger charge is 2.09. The van der Waals surface area contributed by atoms with E-state index in [1.807, 2.05) is 6.07 Å². The minimum atomic E-state index is -1.00. The molecule has 0 bridgehead atoms. The number of benzene rings is 2. The zero-order valence-corrected chi connectivity index (χ0v) is 17.1. The van der Waals surface area contributed by atoms with Gasteiger partial charge in [0.05, 0.1) is 24.0 Å². The zero-order chi connectivity index (χ0) is 22.5. The monoisotopic (exact) mass is 439 g/mol. The molecule has 0 radical (unpaired) electrons. The van der Waals surface area contributed by atoms with E-state index in [2.05, 4.69) is 10.1 Å². The fourth-order valence-electron chi connectivity index (χ4n) is 2.97. The first-order chi connectivity index (χ1) is 15.5. The van der Waals surface area contributed by atoms with Crippen LogP contribution in [-0.2, 0) is 11.3 Å². The molecule has 0 spiro atoms. The van der Waals surface area contributed by atoms with E-state index in [1.54, 1.807) is 31.5 Å². The van der Waals surface area contributed by atoms with Crippen LogP contribution in [0.3, 0.4) is 0 Å². The Bertz CT molecular complexity index is 1310. The molecule has 9 heteroatoms. The molecule has 0 unspecified atom stereocenters. The van der Waals surface area contributed by atoms with Gasteiger partial charge in [0.1, 0.15) is 30.4 Å². The van der Waals surface area contributed by atoms with E-state index in [0.717, 1.165) is 23.0 Å². The molecule has 2 heterocycles. The Kier molecular flexibility index (Phi) is 6.37. The maximum absolute atomic E-state index is 13.5. The normalized spacial score (nSPS) is 11.0. The van der Waals surface area contributed by atoms with E-state index in [0.29, 0.717) is 24.7 Å². The number of halogens is 2. The molecule has 2 aromatic heterocycles. The van der Waals surface area contributed by atoms with Crippen LogP contribution >= 0.6 is 0 Å². The first-order valence-corrected chi connectivity index (χ1v) is 9.72. The lowest BCUT2D eigenvalue weighted by Crippen LogP contribution is -2.18. The third-order valence-electron chi connectivity index (χ3n) is 4.61. The molecule has 0 saturated carbocycles. The summed E-state index contributed by atoms with van der Waals surface area (Å²) in [5.74, 6) is -0.851. The van der Waals surface area contributed by atoms with Crippen molar-refractivity contribution in [3.63, 3.8) is 0 Å². The molecular weight excluding hydrogens is 420 g/mol. The van der Waals surface area contributed by atoms with Gasteiger partial charge in [-0.2, -0.15) is 5.10 Å². The van der Waals surface area contributed by atoms with Gasteiger partial charge >= 0.3 is 0 Å². The minimum absolute atomic E-state index is 0.105. The molecule has 0 N–H and O–H groups in total. The van der Waals surface area contributed by atoms with Crippen LogP contribution in [0.1, 0.15) is 5.69 Å². The van der Waals surface area contributed by atoms with Crippen molar-refractivity contribution in [1.29, 1.82) is 0 Å². The molecule has 32 heavy (non-hydrogen) atoms. The molecule has 2 aromatic carbocycles. The molecule has 0 aliphatic carbocycles. The number of rotatable bonds is 8. The molecular formula is C23H19F2N3O4. The number of pyridine rings is 1. The highest BCUT2D eigenvalue weighted by Crippen LogP contribution is 2.23. The van der Waals surface area contributed by atoms with E-state index < -0.39 is 11.6 Å². The summed E-state index contributed by atoms with van der Waals surface area (Å²) in [6.45, 7) is 0.767. The quantitative estimate of drug-likeness (QED) is 0.390. The van der Waals surface area contributed by atoms with Crippen molar-refractivity contribution in [2.75, 3.05) is 20.3 Å². The largest absolute Gasteiger partial charge is 0.490 e. The van der Waals surface area contributed by atoms with E-state index in [1.165, 1.54) is 23.0 Å². The molecule has 0 atom stereocenters. The summed E-state index contributed by atoms with van der Waals surface area (Å²) in [6.07, 6.45) is 3.01. The minimum Gasteiger partial charge on any atom is -0.490 e. The summed E-state index contributed by atoms with van der Waals surface area (Å²) in [4.78, 5) is 16.5. The number of hydrogen-bond donors (Lipinski definition) is 0. The summed E-state index contributed by atoms with van der Waals surface area (Å²) < 4.78 is 44.3. The smallest absolute Gasteiger partial charge is 0.206 e. The second-order valence-electron chi connectivity index (χ2n) is 6.83. The lowest BCUT2D eigenvalue weighted by molar-refractivity contribution is 0.146. The maximum Gasteiger partial charge on any atom is 0.206 e. The van der Waals surface area contributed by atoms with Gasteiger partial charge in [-0.05, 0) is 36.4 Å². The van der Waals surface area contributed by atoms with Crippen LogP contribution in [0.5, 0.6) is 11.5 Å². The van der Waals surface area contributed by atoms with Gasteiger partial charge < -0.3 is 14.2 Å². The summed E-state index contributed by atoms with van der Waals surface area (Å²) in [5.41, 5.74) is 0.824. The van der Waals surface area contributed by atoms with Crippen LogP contribution in [0.25, 0.3) is 16.6 Å². The second kappa shape index (κ2) is 9.52. The fraction of sp³-hybridized carbons (Fsp3) is 0.174. The highest BCUT2D eigenvalue weighted by atomic mass is 19.2. The van der Waals surface area contributed by atoms with Gasteiger partial charge in [0.2, 0.25) is 5.43 Å². The molecule has 4 aromatic rings. The Morgan fingerprint density at radius 1 is 0.938 bits per heavy atom. The van der Waals surface area contributed by atoms with Gasteiger partial charge in [0.15, 0.2) is 11.6 Å². The van der Waals surface area contributed by atoms with E-state index >= 15 is 0 Å². The van der Waals surface area contributed by atoms with Crippen LogP contribution in [0.2, 0.25) is 0 Å². The number of hydrogen-bond acceptors (Lipinski definition) is 6. The topological polar surface area (TPSA) is 75.5 Å². The average molecular weight is 439 g/mol. The van der Waals surface area contributed by atoms with Crippen molar-refractivity contribution in [2.24, 2.45) is 0 Å². The number of methoxy groups -OCH3 is 1. The van der Waals surface area contributed by atoms with Crippen LogP contribution in [0.4, 0.5) is 8.78 Å². The molecule has 164 valence electrons. The Morgan fingerprint density at radius 3 is 2.59 bits per heavy atom. The Morgan fingerprint density at radius 2 is 1.78 bits per heavy atom. The summed E-state index contributed by atoms with van der Waals surface area (Å²) >= 11 is 0. The SMILES string of the molecule is COCCOc1cnc2ccc(OCc3nn(-c4ccc(F)c(F)c4)ccc3=O)cc2c1. The molecule has 0 aliphatic heterocycles. The predicted molar refractivity (Wildman–Crippen MR) is 113 cm³/mol.